The van der Waals surface area contributed by atoms with Crippen LogP contribution in [0.4, 0.5) is 0 Å². The molecule has 2 aliphatic carbocycles. The zero-order valence-corrected chi connectivity index (χ0v) is 24.6. The number of carbonyl (C=O) groups is 1. The summed E-state index contributed by atoms with van der Waals surface area (Å²) in [6.45, 7) is 0.657. The summed E-state index contributed by atoms with van der Waals surface area (Å²) in [5.74, 6) is 0.577. The molecule has 2 aliphatic rings. The van der Waals surface area contributed by atoms with Crippen LogP contribution in [0.25, 0.3) is 17.2 Å². The fraction of sp³-hybridized carbons (Fsp3) is 0.400. The highest BCUT2D eigenvalue weighted by Gasteiger charge is 2.34. The Bertz CT molecular complexity index is 1300. The molecule has 3 aromatic rings. The van der Waals surface area contributed by atoms with Crippen molar-refractivity contribution < 1.29 is 9.53 Å². The number of nitrogens with one attached hydrogen (secondary N) is 1. The summed E-state index contributed by atoms with van der Waals surface area (Å²) in [4.78, 5) is 15.2. The summed E-state index contributed by atoms with van der Waals surface area (Å²) in [7, 11) is 4.24. The van der Waals surface area contributed by atoms with Gasteiger partial charge in [-0.3, -0.25) is 4.79 Å². The average molecular weight is 557 g/mol. The minimum absolute atomic E-state index is 0.0423. The molecule has 3 aromatic carbocycles. The molecule has 1 N–H and O–H groups in total. The molecule has 210 valence electrons. The molecule has 0 atom stereocenters. The second-order valence-electron chi connectivity index (χ2n) is 11.6. The lowest BCUT2D eigenvalue weighted by Crippen LogP contribution is -2.53. The number of hydrogen-bond acceptors (Lipinski definition) is 3. The van der Waals surface area contributed by atoms with Crippen LogP contribution in [-0.4, -0.2) is 43.1 Å². The van der Waals surface area contributed by atoms with E-state index in [1.54, 1.807) is 6.07 Å². The first-order valence-corrected chi connectivity index (χ1v) is 15.1. The minimum atomic E-state index is -0.0792. The van der Waals surface area contributed by atoms with Crippen molar-refractivity contribution in [3.63, 3.8) is 0 Å². The molecule has 0 heterocycles. The largest absolute Gasteiger partial charge is 0.489 e. The first-order chi connectivity index (χ1) is 19.4. The van der Waals surface area contributed by atoms with E-state index >= 15 is 0 Å². The van der Waals surface area contributed by atoms with E-state index in [-0.39, 0.29) is 17.6 Å². The lowest BCUT2D eigenvalue weighted by Gasteiger charge is -2.43. The molecular weight excluding hydrogens is 516 g/mol. The van der Waals surface area contributed by atoms with Crippen LogP contribution in [0.15, 0.2) is 78.4 Å². The molecular formula is C35H41ClN2O2. The van der Waals surface area contributed by atoms with Crippen molar-refractivity contribution in [3.8, 4) is 16.9 Å². The first-order valence-electron chi connectivity index (χ1n) is 14.7. The molecule has 0 aliphatic heterocycles. The molecule has 0 saturated heterocycles. The summed E-state index contributed by atoms with van der Waals surface area (Å²) < 4.78 is 6.29. The van der Waals surface area contributed by atoms with Gasteiger partial charge < -0.3 is 15.0 Å². The molecule has 5 rings (SSSR count). The van der Waals surface area contributed by atoms with Crippen molar-refractivity contribution >= 4 is 23.6 Å². The predicted molar refractivity (Wildman–Crippen MR) is 166 cm³/mol. The maximum atomic E-state index is 12.9. The van der Waals surface area contributed by atoms with E-state index in [1.807, 2.05) is 18.2 Å². The van der Waals surface area contributed by atoms with Crippen LogP contribution >= 0.6 is 11.6 Å². The van der Waals surface area contributed by atoms with Gasteiger partial charge in [-0.05, 0) is 87.5 Å². The van der Waals surface area contributed by atoms with Crippen LogP contribution in [0.1, 0.15) is 73.7 Å². The number of rotatable bonds is 8. The summed E-state index contributed by atoms with van der Waals surface area (Å²) in [6.07, 6.45) is 12.3. The monoisotopic (exact) mass is 556 g/mol. The molecule has 0 bridgehead atoms. The fourth-order valence-electron chi connectivity index (χ4n) is 6.12. The van der Waals surface area contributed by atoms with Crippen LogP contribution in [0, 0.1) is 0 Å². The van der Waals surface area contributed by atoms with Crippen molar-refractivity contribution in [3.05, 3.63) is 94.5 Å². The van der Waals surface area contributed by atoms with Crippen LogP contribution in [0.2, 0.25) is 5.02 Å². The summed E-state index contributed by atoms with van der Waals surface area (Å²) in [5.41, 5.74) is 5.80. The smallest absolute Gasteiger partial charge is 0.251 e. The van der Waals surface area contributed by atoms with E-state index in [1.165, 1.54) is 41.5 Å². The Hall–Kier alpha value is -3.08. The highest BCUT2D eigenvalue weighted by atomic mass is 35.5. The average Bonchev–Trinajstić information content (AvgIpc) is 2.99. The van der Waals surface area contributed by atoms with Crippen LogP contribution in [-0.2, 0) is 0 Å². The van der Waals surface area contributed by atoms with Gasteiger partial charge in [-0.15, -0.1) is 0 Å². The van der Waals surface area contributed by atoms with Gasteiger partial charge in [0.2, 0.25) is 0 Å². The molecule has 4 nitrogen and oxygen atoms in total. The van der Waals surface area contributed by atoms with Gasteiger partial charge in [-0.25, -0.2) is 0 Å². The second kappa shape index (κ2) is 13.1. The third kappa shape index (κ3) is 6.97. The Morgan fingerprint density at radius 2 is 1.62 bits per heavy atom. The topological polar surface area (TPSA) is 41.6 Å². The van der Waals surface area contributed by atoms with Crippen LogP contribution in [0.3, 0.4) is 0 Å². The van der Waals surface area contributed by atoms with Gasteiger partial charge in [0.25, 0.3) is 5.91 Å². The van der Waals surface area contributed by atoms with Crippen molar-refractivity contribution in [1.29, 1.82) is 0 Å². The van der Waals surface area contributed by atoms with E-state index in [0.717, 1.165) is 38.5 Å². The SMILES string of the molecule is CN(C)C1(CNC(=O)c2ccc(OC3CCC(=Cc4ccc(-c5ccccc5)cc4)CC3)c(Cl)c2)CCCCC1. The highest BCUT2D eigenvalue weighted by Crippen LogP contribution is 2.34. The van der Waals surface area contributed by atoms with E-state index < -0.39 is 0 Å². The highest BCUT2D eigenvalue weighted by molar-refractivity contribution is 6.32. The van der Waals surface area contributed by atoms with Gasteiger partial charge >= 0.3 is 0 Å². The number of carbonyl (C=O) groups excluding carboxylic acids is 1. The van der Waals surface area contributed by atoms with Crippen molar-refractivity contribution in [1.82, 2.24) is 10.2 Å². The lowest BCUT2D eigenvalue weighted by molar-refractivity contribution is 0.0799. The van der Waals surface area contributed by atoms with Gasteiger partial charge in [-0.2, -0.15) is 0 Å². The van der Waals surface area contributed by atoms with E-state index in [2.05, 4.69) is 78.9 Å². The van der Waals surface area contributed by atoms with Crippen molar-refractivity contribution in [2.45, 2.75) is 69.4 Å². The molecule has 0 unspecified atom stereocenters. The van der Waals surface area contributed by atoms with Gasteiger partial charge in [0.15, 0.2) is 0 Å². The third-order valence-electron chi connectivity index (χ3n) is 8.76. The summed E-state index contributed by atoms with van der Waals surface area (Å²) >= 11 is 6.59. The number of halogens is 1. The normalized spacial score (nSPS) is 18.8. The van der Waals surface area contributed by atoms with E-state index in [0.29, 0.717) is 22.9 Å². The lowest BCUT2D eigenvalue weighted by atomic mass is 9.80. The molecule has 5 heteroatoms. The zero-order valence-electron chi connectivity index (χ0n) is 23.8. The molecule has 0 aromatic heterocycles. The van der Waals surface area contributed by atoms with Gasteiger partial charge in [0.1, 0.15) is 5.75 Å². The number of nitrogens with zero attached hydrogens (tertiary/aromatic N) is 1. The number of amides is 1. The van der Waals surface area contributed by atoms with Crippen LogP contribution < -0.4 is 10.1 Å². The van der Waals surface area contributed by atoms with Crippen molar-refractivity contribution in [2.24, 2.45) is 0 Å². The Labute approximate surface area is 244 Å². The Morgan fingerprint density at radius 1 is 0.950 bits per heavy atom. The minimum Gasteiger partial charge on any atom is -0.489 e. The van der Waals surface area contributed by atoms with Crippen LogP contribution in [0.5, 0.6) is 5.75 Å². The number of allylic oxidation sites excluding steroid dienone is 1. The number of benzene rings is 3. The maximum Gasteiger partial charge on any atom is 0.251 e. The quantitative estimate of drug-likeness (QED) is 0.303. The standard InChI is InChI=1S/C35H41ClN2O2/c1-38(2)35(21-7-4-8-22-35)25-37-34(39)30-17-20-33(32(36)24-30)40-31-18-13-27(14-19-31)23-26-11-15-29(16-12-26)28-9-5-3-6-10-28/h3,5-6,9-12,15-17,20,23-24,31H,4,7-8,13-14,18-19,21-22,25H2,1-2H3,(H,37,39). The number of hydrogen-bond donors (Lipinski definition) is 1. The van der Waals surface area contributed by atoms with Gasteiger partial charge in [0, 0.05) is 17.6 Å². The molecule has 0 spiro atoms. The maximum absolute atomic E-state index is 12.9. The molecule has 0 radical (unpaired) electrons. The summed E-state index contributed by atoms with van der Waals surface area (Å²) in [5, 5.41) is 3.66. The zero-order chi connectivity index (χ0) is 28.0. The molecule has 2 fully saturated rings. The number of likely N-dealkylation sites (N-methyl/N-ethyl adjacent to an activating group) is 1. The van der Waals surface area contributed by atoms with E-state index in [9.17, 15) is 4.79 Å². The molecule has 1 amide bonds. The predicted octanol–water partition coefficient (Wildman–Crippen LogP) is 8.41. The Morgan fingerprint density at radius 3 is 2.27 bits per heavy atom. The van der Waals surface area contributed by atoms with Crippen molar-refractivity contribution in [2.75, 3.05) is 20.6 Å². The first kappa shape index (κ1) is 28.4. The second-order valence-corrected chi connectivity index (χ2v) is 12.0. The molecule has 40 heavy (non-hydrogen) atoms. The Kier molecular flexibility index (Phi) is 9.29. The van der Waals surface area contributed by atoms with Gasteiger partial charge in [-0.1, -0.05) is 97.1 Å². The third-order valence-corrected chi connectivity index (χ3v) is 9.06. The molecule has 2 saturated carbocycles. The Balaban J connectivity index is 1.12. The summed E-state index contributed by atoms with van der Waals surface area (Å²) in [6, 6.07) is 24.7. The van der Waals surface area contributed by atoms with Gasteiger partial charge in [0.05, 0.1) is 11.1 Å². The van der Waals surface area contributed by atoms with E-state index in [4.69, 9.17) is 16.3 Å². The fourth-order valence-corrected chi connectivity index (χ4v) is 6.34. The number of ether oxygens (including phenoxy) is 1.